The second kappa shape index (κ2) is 9.45. The molecule has 1 aromatic rings. The van der Waals surface area contributed by atoms with Crippen molar-refractivity contribution in [1.29, 1.82) is 0 Å². The monoisotopic (exact) mass is 382 g/mol. The summed E-state index contributed by atoms with van der Waals surface area (Å²) < 4.78 is 15.6. The molecule has 2 rings (SSSR count). The summed E-state index contributed by atoms with van der Waals surface area (Å²) in [6.07, 6.45) is 1.61. The first kappa shape index (κ1) is 20.1. The van der Waals surface area contributed by atoms with E-state index in [9.17, 15) is 9.59 Å². The van der Waals surface area contributed by atoms with E-state index in [0.717, 1.165) is 5.56 Å². The fourth-order valence-electron chi connectivity index (χ4n) is 2.80. The van der Waals surface area contributed by atoms with Crippen molar-refractivity contribution < 1.29 is 23.8 Å². The highest BCUT2D eigenvalue weighted by molar-refractivity contribution is 6.32. The number of methoxy groups -OCH3 is 2. The van der Waals surface area contributed by atoms with Gasteiger partial charge in [0.25, 0.3) is 0 Å². The Hall–Kier alpha value is -2.25. The molecule has 7 nitrogen and oxygen atoms in total. The molecule has 0 aromatic heterocycles. The first-order chi connectivity index (χ1) is 12.5. The van der Waals surface area contributed by atoms with Crippen molar-refractivity contribution in [2.75, 3.05) is 33.9 Å². The molecule has 1 aliphatic heterocycles. The summed E-state index contributed by atoms with van der Waals surface area (Å²) >= 11 is 6.33. The zero-order valence-electron chi connectivity index (χ0n) is 14.9. The highest BCUT2D eigenvalue weighted by Gasteiger charge is 2.32. The molecule has 1 heterocycles. The molecule has 1 atom stereocenters. The summed E-state index contributed by atoms with van der Waals surface area (Å²) in [4.78, 5) is 25.7. The van der Waals surface area contributed by atoms with Crippen LogP contribution >= 0.6 is 11.6 Å². The van der Waals surface area contributed by atoms with Gasteiger partial charge in [0.2, 0.25) is 5.91 Å². The van der Waals surface area contributed by atoms with Gasteiger partial charge in [0, 0.05) is 19.6 Å². The Kier molecular flexibility index (Phi) is 7.29. The van der Waals surface area contributed by atoms with Crippen LogP contribution in [0.15, 0.2) is 24.8 Å². The summed E-state index contributed by atoms with van der Waals surface area (Å²) in [7, 11) is 2.84. The van der Waals surface area contributed by atoms with Gasteiger partial charge in [-0.2, -0.15) is 0 Å². The molecular weight excluding hydrogens is 360 g/mol. The summed E-state index contributed by atoms with van der Waals surface area (Å²) in [5.41, 5.74) is 0.849. The number of nitrogens with zero attached hydrogens (tertiary/aromatic N) is 1. The fourth-order valence-corrected chi connectivity index (χ4v) is 3.08. The van der Waals surface area contributed by atoms with Crippen molar-refractivity contribution >= 4 is 23.5 Å². The van der Waals surface area contributed by atoms with Crippen LogP contribution < -0.4 is 14.8 Å². The van der Waals surface area contributed by atoms with Gasteiger partial charge in [0.15, 0.2) is 11.5 Å². The maximum absolute atomic E-state index is 12.2. The van der Waals surface area contributed by atoms with Gasteiger partial charge < -0.3 is 19.5 Å². The molecule has 1 aliphatic rings. The van der Waals surface area contributed by atoms with Crippen LogP contribution in [-0.4, -0.2) is 56.7 Å². The first-order valence-electron chi connectivity index (χ1n) is 8.18. The van der Waals surface area contributed by atoms with Gasteiger partial charge in [0.1, 0.15) is 12.6 Å². The van der Waals surface area contributed by atoms with E-state index in [1.54, 1.807) is 12.1 Å². The zero-order chi connectivity index (χ0) is 19.1. The molecule has 26 heavy (non-hydrogen) atoms. The molecule has 1 aromatic carbocycles. The van der Waals surface area contributed by atoms with Crippen LogP contribution in [0, 0.1) is 0 Å². The lowest BCUT2D eigenvalue weighted by molar-refractivity contribution is -0.146. The largest absolute Gasteiger partial charge is 0.493 e. The van der Waals surface area contributed by atoms with E-state index in [0.29, 0.717) is 42.8 Å². The Balaban J connectivity index is 2.21. The van der Waals surface area contributed by atoms with Crippen LogP contribution in [0.25, 0.3) is 0 Å². The van der Waals surface area contributed by atoms with Gasteiger partial charge in [-0.1, -0.05) is 24.3 Å². The van der Waals surface area contributed by atoms with Crippen LogP contribution in [0.1, 0.15) is 12.0 Å². The van der Waals surface area contributed by atoms with E-state index in [2.05, 4.69) is 11.9 Å². The summed E-state index contributed by atoms with van der Waals surface area (Å²) in [5.74, 6) is 0.326. The maximum atomic E-state index is 12.2. The molecule has 0 aliphatic carbocycles. The van der Waals surface area contributed by atoms with Crippen molar-refractivity contribution in [3.63, 3.8) is 0 Å². The Morgan fingerprint density at radius 2 is 2.23 bits per heavy atom. The van der Waals surface area contributed by atoms with Gasteiger partial charge in [0.05, 0.1) is 25.7 Å². The maximum Gasteiger partial charge on any atom is 0.307 e. The van der Waals surface area contributed by atoms with Gasteiger partial charge in [-0.15, -0.1) is 0 Å². The molecule has 1 N–H and O–H groups in total. The molecule has 142 valence electrons. The first-order valence-corrected chi connectivity index (χ1v) is 8.56. The number of benzene rings is 1. The Bertz CT molecular complexity index is 680. The number of carbonyl (C=O) groups is 2. The zero-order valence-corrected chi connectivity index (χ0v) is 15.7. The van der Waals surface area contributed by atoms with E-state index in [1.807, 2.05) is 11.0 Å². The van der Waals surface area contributed by atoms with Gasteiger partial charge in [-0.25, -0.2) is 0 Å². The Morgan fingerprint density at radius 1 is 1.46 bits per heavy atom. The van der Waals surface area contributed by atoms with Crippen LogP contribution in [0.2, 0.25) is 5.02 Å². The summed E-state index contributed by atoms with van der Waals surface area (Å²) in [6, 6.07) is 2.99. The molecule has 0 bridgehead atoms. The van der Waals surface area contributed by atoms with E-state index < -0.39 is 12.0 Å². The average Bonchev–Trinajstić information content (AvgIpc) is 2.63. The SMILES string of the molecule is C=CCOc1c(Cl)cc(CN2CCNC(=O)[C@@H]2CC(=O)OC)cc1OC. The second-order valence-corrected chi connectivity index (χ2v) is 6.17. The number of hydrogen-bond acceptors (Lipinski definition) is 6. The van der Waals surface area contributed by atoms with E-state index in [-0.39, 0.29) is 12.3 Å². The standard InChI is InChI=1S/C18H23ClN2O5/c1-4-7-26-17-13(19)8-12(9-15(17)24-2)11-21-6-5-20-18(23)14(21)10-16(22)25-3/h4,8-9,14H,1,5-7,10-11H2,2-3H3,(H,20,23)/t14-/m0/s1. The minimum absolute atomic E-state index is 0.00622. The number of halogens is 1. The summed E-state index contributed by atoms with van der Waals surface area (Å²) in [6.45, 7) is 5.49. The van der Waals surface area contributed by atoms with Crippen LogP contribution in [0.4, 0.5) is 0 Å². The lowest BCUT2D eigenvalue weighted by atomic mass is 10.1. The highest BCUT2D eigenvalue weighted by atomic mass is 35.5. The molecule has 1 fully saturated rings. The third kappa shape index (κ3) is 4.89. The van der Waals surface area contributed by atoms with E-state index in [1.165, 1.54) is 14.2 Å². The average molecular weight is 383 g/mol. The van der Waals surface area contributed by atoms with Gasteiger partial charge in [-0.05, 0) is 17.7 Å². The Labute approximate surface area is 157 Å². The number of esters is 1. The van der Waals surface area contributed by atoms with Crippen LogP contribution in [-0.2, 0) is 20.9 Å². The number of carbonyl (C=O) groups excluding carboxylic acids is 2. The summed E-state index contributed by atoms with van der Waals surface area (Å²) in [5, 5.41) is 3.18. The Morgan fingerprint density at radius 3 is 2.88 bits per heavy atom. The van der Waals surface area contributed by atoms with Crippen molar-refractivity contribution in [2.45, 2.75) is 19.0 Å². The molecule has 0 saturated carbocycles. The number of nitrogens with one attached hydrogen (secondary N) is 1. The molecule has 0 unspecified atom stereocenters. The lowest BCUT2D eigenvalue weighted by Gasteiger charge is -2.34. The number of hydrogen-bond donors (Lipinski definition) is 1. The van der Waals surface area contributed by atoms with Gasteiger partial charge >= 0.3 is 5.97 Å². The number of piperazine rings is 1. The fraction of sp³-hybridized carbons (Fsp3) is 0.444. The third-order valence-corrected chi connectivity index (χ3v) is 4.33. The highest BCUT2D eigenvalue weighted by Crippen LogP contribution is 2.37. The molecule has 8 heteroatoms. The number of rotatable bonds is 8. The minimum Gasteiger partial charge on any atom is -0.493 e. The van der Waals surface area contributed by atoms with E-state index in [4.69, 9.17) is 25.8 Å². The number of ether oxygens (including phenoxy) is 3. The third-order valence-electron chi connectivity index (χ3n) is 4.05. The predicted octanol–water partition coefficient (Wildman–Crippen LogP) is 1.78. The normalized spacial score (nSPS) is 17.3. The van der Waals surface area contributed by atoms with Crippen LogP contribution in [0.5, 0.6) is 11.5 Å². The number of amides is 1. The predicted molar refractivity (Wildman–Crippen MR) is 97.5 cm³/mol. The molecule has 1 saturated heterocycles. The topological polar surface area (TPSA) is 77.1 Å². The van der Waals surface area contributed by atoms with Gasteiger partial charge in [-0.3, -0.25) is 14.5 Å². The molecule has 0 radical (unpaired) electrons. The molecule has 1 amide bonds. The van der Waals surface area contributed by atoms with Crippen LogP contribution in [0.3, 0.4) is 0 Å². The van der Waals surface area contributed by atoms with Crippen molar-refractivity contribution in [3.05, 3.63) is 35.4 Å². The molecular formula is C18H23ClN2O5. The quantitative estimate of drug-likeness (QED) is 0.545. The van der Waals surface area contributed by atoms with E-state index >= 15 is 0 Å². The van der Waals surface area contributed by atoms with Crippen molar-refractivity contribution in [2.24, 2.45) is 0 Å². The molecule has 0 spiro atoms. The smallest absolute Gasteiger partial charge is 0.307 e. The second-order valence-electron chi connectivity index (χ2n) is 5.77. The van der Waals surface area contributed by atoms with Crippen molar-refractivity contribution in [1.82, 2.24) is 10.2 Å². The minimum atomic E-state index is -0.585. The van der Waals surface area contributed by atoms with Crippen molar-refractivity contribution in [3.8, 4) is 11.5 Å². The lowest BCUT2D eigenvalue weighted by Crippen LogP contribution is -2.55.